The third-order valence-corrected chi connectivity index (χ3v) is 14.4. The molecule has 21 heteroatoms. The Labute approximate surface area is 468 Å². The minimum absolute atomic E-state index is 0.106. The number of aliphatic hydroxyl groups excluding tert-OH is 9. The number of anilines is 1. The number of ether oxygens (including phenoxy) is 4. The van der Waals surface area contributed by atoms with Crippen LogP contribution in [0.3, 0.4) is 0 Å². The number of rotatable bonds is 11. The molecular formula is C59H86N2O19. The van der Waals surface area contributed by atoms with Crippen LogP contribution < -0.4 is 11.1 Å². The van der Waals surface area contributed by atoms with Gasteiger partial charge < -0.3 is 86.2 Å². The van der Waals surface area contributed by atoms with Gasteiger partial charge in [0.2, 0.25) is 0 Å². The van der Waals surface area contributed by atoms with E-state index in [1.165, 1.54) is 13.0 Å². The molecule has 1 aromatic carbocycles. The molecule has 3 heterocycles. The van der Waals surface area contributed by atoms with E-state index >= 15 is 0 Å². The van der Waals surface area contributed by atoms with Gasteiger partial charge in [0, 0.05) is 62.7 Å². The molecular weight excluding hydrogens is 1040 g/mol. The Morgan fingerprint density at radius 3 is 1.86 bits per heavy atom. The van der Waals surface area contributed by atoms with Crippen molar-refractivity contribution in [2.75, 3.05) is 12.4 Å². The van der Waals surface area contributed by atoms with Crippen molar-refractivity contribution in [3.63, 3.8) is 0 Å². The van der Waals surface area contributed by atoms with Crippen LogP contribution in [0.15, 0.2) is 109 Å². The van der Waals surface area contributed by atoms with E-state index in [1.807, 2.05) is 19.9 Å². The standard InChI is InChI=1S/C59H86N2O19/c1-35-17-15-13-11-9-7-5-6-8-10-12-14-16-18-47(78-58-55(73)53(60)54(72)37(3)77-58)32-50-52(57(74)75)49(70)34-59(76,80-50)33-46(68)29-44(66)27-42(64)25-41(63)26-43(65)28-45(67)31-51(71)79-56(35)36(2)19-24-40(62)30-48(69)38-20-22-39(61-4)23-21-38/h5-18,20-23,35-37,40-42,44-47,49-50,52-56,58,61-64,66-68,70,72-73,76H,19,24-34,60H2,1-4H3,(H,74,75)/t35-,36-,37-,40+,41-,42-,44+,45-,46+,47-,49-,50-,52+,53-,54-,55-,56+,58+,59-/m0/s1. The van der Waals surface area contributed by atoms with Gasteiger partial charge in [-0.25, -0.2) is 0 Å². The van der Waals surface area contributed by atoms with Crippen molar-refractivity contribution in [3.8, 4) is 0 Å². The lowest BCUT2D eigenvalue weighted by Crippen LogP contribution is -2.61. The molecule has 2 saturated heterocycles. The highest BCUT2D eigenvalue weighted by atomic mass is 16.7. The predicted molar refractivity (Wildman–Crippen MR) is 295 cm³/mol. The fourth-order valence-corrected chi connectivity index (χ4v) is 10.1. The number of ketones is 2. The van der Waals surface area contributed by atoms with Crippen molar-refractivity contribution in [1.82, 2.24) is 0 Å². The van der Waals surface area contributed by atoms with E-state index in [-0.39, 0.29) is 36.9 Å². The molecule has 80 heavy (non-hydrogen) atoms. The number of esters is 1. The van der Waals surface area contributed by atoms with Gasteiger partial charge in [0.1, 0.15) is 23.9 Å². The summed E-state index contributed by atoms with van der Waals surface area (Å²) in [7, 11) is 1.77. The number of fused-ring (bicyclic) bond motifs is 2. The highest BCUT2D eigenvalue weighted by Gasteiger charge is 2.51. The molecule has 0 spiro atoms. The fourth-order valence-electron chi connectivity index (χ4n) is 10.1. The van der Waals surface area contributed by atoms with Crippen LogP contribution >= 0.6 is 0 Å². The Morgan fingerprint density at radius 1 is 0.725 bits per heavy atom. The number of Topliss-reactive ketones (excluding diaryl/α,β-unsaturated/α-hetero) is 2. The average molecular weight is 1130 g/mol. The first kappa shape index (κ1) is 67.4. The average Bonchev–Trinajstić information content (AvgIpc) is 3.48. The van der Waals surface area contributed by atoms with Crippen LogP contribution in [0.2, 0.25) is 0 Å². The number of aliphatic hydroxyl groups is 10. The second kappa shape index (κ2) is 33.7. The van der Waals surface area contributed by atoms with Crippen LogP contribution in [0.4, 0.5) is 5.69 Å². The van der Waals surface area contributed by atoms with Crippen molar-refractivity contribution < 1.29 is 94.3 Å². The number of nitrogens with two attached hydrogens (primary N) is 1. The number of hydrogen-bond donors (Lipinski definition) is 13. The number of nitrogens with one attached hydrogen (secondary N) is 1. The van der Waals surface area contributed by atoms with E-state index in [2.05, 4.69) is 5.32 Å². The molecule has 4 rings (SSSR count). The second-order valence-electron chi connectivity index (χ2n) is 21.4. The molecule has 14 N–H and O–H groups in total. The van der Waals surface area contributed by atoms with Crippen LogP contribution in [0, 0.1) is 17.8 Å². The van der Waals surface area contributed by atoms with Crippen LogP contribution in [-0.2, 0) is 33.3 Å². The number of carboxylic acid groups (broad SMARTS) is 1. The summed E-state index contributed by atoms with van der Waals surface area (Å²) >= 11 is 0. The van der Waals surface area contributed by atoms with E-state index in [0.717, 1.165) is 5.69 Å². The smallest absolute Gasteiger partial charge is 0.311 e. The molecule has 2 bridgehead atoms. The minimum atomic E-state index is -2.34. The van der Waals surface area contributed by atoms with Crippen LogP contribution in [0.25, 0.3) is 0 Å². The lowest BCUT2D eigenvalue weighted by molar-refractivity contribution is -0.308. The zero-order valence-electron chi connectivity index (χ0n) is 46.0. The number of allylic oxidation sites excluding steroid dienone is 12. The molecule has 446 valence electrons. The molecule has 0 amide bonds. The number of carbonyl (C=O) groups is 4. The van der Waals surface area contributed by atoms with Crippen molar-refractivity contribution in [2.24, 2.45) is 23.5 Å². The van der Waals surface area contributed by atoms with Gasteiger partial charge in [-0.3, -0.25) is 19.2 Å². The van der Waals surface area contributed by atoms with Gasteiger partial charge in [0.05, 0.1) is 79.6 Å². The molecule has 1 aromatic rings. The topological polar surface area (TPSA) is 366 Å². The Kier molecular flexibility index (Phi) is 28.4. The Balaban J connectivity index is 1.54. The monoisotopic (exact) mass is 1130 g/mol. The molecule has 0 radical (unpaired) electrons. The number of carbonyl (C=O) groups excluding carboxylic acids is 3. The molecule has 0 saturated carbocycles. The zero-order chi connectivity index (χ0) is 59.1. The Bertz CT molecular complexity index is 2300. The van der Waals surface area contributed by atoms with Gasteiger partial charge in [-0.1, -0.05) is 98.9 Å². The van der Waals surface area contributed by atoms with E-state index in [0.29, 0.717) is 12.0 Å². The molecule has 21 nitrogen and oxygen atoms in total. The van der Waals surface area contributed by atoms with E-state index in [4.69, 9.17) is 24.7 Å². The second-order valence-corrected chi connectivity index (χ2v) is 21.4. The van der Waals surface area contributed by atoms with E-state index < -0.39 is 172 Å². The van der Waals surface area contributed by atoms with Crippen LogP contribution in [0.5, 0.6) is 0 Å². The van der Waals surface area contributed by atoms with Gasteiger partial charge in [0.15, 0.2) is 17.9 Å². The molecule has 0 aliphatic carbocycles. The summed E-state index contributed by atoms with van der Waals surface area (Å²) in [4.78, 5) is 51.7. The van der Waals surface area contributed by atoms with Crippen molar-refractivity contribution in [2.45, 2.75) is 195 Å². The summed E-state index contributed by atoms with van der Waals surface area (Å²) in [6.45, 7) is 5.22. The first-order valence-electron chi connectivity index (χ1n) is 27.4. The largest absolute Gasteiger partial charge is 0.481 e. The third kappa shape index (κ3) is 23.0. The summed E-state index contributed by atoms with van der Waals surface area (Å²) in [5, 5.41) is 122. The lowest BCUT2D eigenvalue weighted by Gasteiger charge is -2.45. The summed E-state index contributed by atoms with van der Waals surface area (Å²) in [5.41, 5.74) is 7.35. The van der Waals surface area contributed by atoms with Crippen molar-refractivity contribution in [3.05, 3.63) is 115 Å². The summed E-state index contributed by atoms with van der Waals surface area (Å²) in [5.74, 6) is -7.75. The maximum atomic E-state index is 13.3. The summed E-state index contributed by atoms with van der Waals surface area (Å²) in [6.07, 6.45) is 1.86. The highest BCUT2D eigenvalue weighted by molar-refractivity contribution is 5.96. The molecule has 0 aromatic heterocycles. The number of cyclic esters (lactones) is 1. The first-order valence-corrected chi connectivity index (χ1v) is 27.4. The normalized spacial score (nSPS) is 35.2. The number of aliphatic carboxylic acids is 1. The highest BCUT2D eigenvalue weighted by Crippen LogP contribution is 2.38. The van der Waals surface area contributed by atoms with Gasteiger partial charge in [-0.2, -0.15) is 0 Å². The quantitative estimate of drug-likeness (QED) is 0.112. The SMILES string of the molecule is CNc1ccc(C(=O)C[C@H](O)CC[C@H](C)[C@@H]2OC(=O)C[C@@H](O)CC(=O)C[C@@H](O)C[C@H](O)C[C@@H](O)C[C@@H](O)C[C@@]3(O)C[C@H](O)[C@@H](C(=O)O)[C@H](C[C@@H](O[C@H]4O[C@@H](C)[C@H](O)[C@H](N)[C@@H]4O)C=CC=CC=CC=CC=CC=CC=C[C@@H]2C)O3)cc1. The van der Waals surface area contributed by atoms with Gasteiger partial charge in [-0.05, 0) is 69.2 Å². The molecule has 3 aliphatic rings. The fraction of sp³-hybridized carbons (Fsp3) is 0.593. The molecule has 0 unspecified atom stereocenters. The predicted octanol–water partition coefficient (Wildman–Crippen LogP) is 2.75. The van der Waals surface area contributed by atoms with Gasteiger partial charge in [0.25, 0.3) is 0 Å². The van der Waals surface area contributed by atoms with Crippen molar-refractivity contribution in [1.29, 1.82) is 0 Å². The molecule has 19 atom stereocenters. The number of benzene rings is 1. The zero-order valence-corrected chi connectivity index (χ0v) is 46.0. The maximum Gasteiger partial charge on any atom is 0.311 e. The Hall–Kier alpha value is -5.08. The van der Waals surface area contributed by atoms with Crippen LogP contribution in [0.1, 0.15) is 108 Å². The van der Waals surface area contributed by atoms with E-state index in [9.17, 15) is 75.3 Å². The van der Waals surface area contributed by atoms with E-state index in [1.54, 1.807) is 104 Å². The minimum Gasteiger partial charge on any atom is -0.481 e. The molecule has 2 fully saturated rings. The van der Waals surface area contributed by atoms with Crippen molar-refractivity contribution >= 4 is 29.2 Å². The lowest BCUT2D eigenvalue weighted by atomic mass is 9.82. The Morgan fingerprint density at radius 2 is 1.27 bits per heavy atom. The summed E-state index contributed by atoms with van der Waals surface area (Å²) in [6, 6.07) is 5.74. The third-order valence-electron chi connectivity index (χ3n) is 14.4. The number of hydrogen-bond acceptors (Lipinski definition) is 20. The first-order chi connectivity index (χ1) is 37.9. The number of carboxylic acids is 1. The van der Waals surface area contributed by atoms with Gasteiger partial charge >= 0.3 is 11.9 Å². The van der Waals surface area contributed by atoms with Crippen LogP contribution in [-0.4, -0.2) is 184 Å². The molecule has 3 aliphatic heterocycles. The summed E-state index contributed by atoms with van der Waals surface area (Å²) < 4.78 is 23.7. The van der Waals surface area contributed by atoms with Gasteiger partial charge in [-0.15, -0.1) is 0 Å². The maximum absolute atomic E-state index is 13.3.